The highest BCUT2D eigenvalue weighted by atomic mass is 32.2. The fourth-order valence-corrected chi connectivity index (χ4v) is 4.53. The molecule has 26 heavy (non-hydrogen) atoms. The van der Waals surface area contributed by atoms with E-state index in [0.717, 1.165) is 25.5 Å². The molecule has 0 bridgehead atoms. The van der Waals surface area contributed by atoms with Crippen LogP contribution in [0.5, 0.6) is 0 Å². The molecule has 1 aromatic carbocycles. The van der Waals surface area contributed by atoms with Crippen LogP contribution in [-0.4, -0.2) is 48.3 Å². The first-order valence-electron chi connectivity index (χ1n) is 9.05. The van der Waals surface area contributed by atoms with Gasteiger partial charge in [-0.25, -0.2) is 18.1 Å². The van der Waals surface area contributed by atoms with Crippen molar-refractivity contribution in [3.05, 3.63) is 54.1 Å². The molecule has 1 aliphatic rings. The number of aromatic nitrogens is 2. The van der Waals surface area contributed by atoms with Crippen molar-refractivity contribution in [1.82, 2.24) is 19.2 Å². The Morgan fingerprint density at radius 2 is 1.92 bits per heavy atom. The molecule has 1 aromatic heterocycles. The van der Waals surface area contributed by atoms with Crippen molar-refractivity contribution in [1.29, 1.82) is 0 Å². The van der Waals surface area contributed by atoms with E-state index in [1.807, 2.05) is 30.6 Å². The molecule has 0 radical (unpaired) electrons. The predicted molar refractivity (Wildman–Crippen MR) is 103 cm³/mol. The molecule has 0 aliphatic carbocycles. The average molecular weight is 377 g/mol. The number of likely N-dealkylation sites (tertiary alicyclic amines) is 1. The smallest absolute Gasteiger partial charge is 0.209 e. The third-order valence-corrected chi connectivity index (χ3v) is 5.76. The summed E-state index contributed by atoms with van der Waals surface area (Å²) in [6, 6.07) is 10.3. The molecule has 2 aromatic rings. The highest BCUT2D eigenvalue weighted by Crippen LogP contribution is 2.26. The molecule has 1 aliphatic heterocycles. The van der Waals surface area contributed by atoms with E-state index in [1.54, 1.807) is 0 Å². The van der Waals surface area contributed by atoms with Crippen molar-refractivity contribution in [3.63, 3.8) is 0 Å². The Morgan fingerprint density at radius 1 is 1.19 bits per heavy atom. The molecule has 3 rings (SSSR count). The number of hydrogen-bond acceptors (Lipinski definition) is 4. The van der Waals surface area contributed by atoms with E-state index in [0.29, 0.717) is 18.4 Å². The number of nitrogens with one attached hydrogen (secondary N) is 1. The topological polar surface area (TPSA) is 67.2 Å². The van der Waals surface area contributed by atoms with E-state index >= 15 is 0 Å². The first-order chi connectivity index (χ1) is 12.3. The number of benzene rings is 1. The highest BCUT2D eigenvalue weighted by Gasteiger charge is 2.36. The molecule has 6 nitrogen and oxygen atoms in total. The Balaban J connectivity index is 1.69. The Bertz CT molecular complexity index is 817. The van der Waals surface area contributed by atoms with Gasteiger partial charge in [0.2, 0.25) is 10.0 Å². The fourth-order valence-electron chi connectivity index (χ4n) is 3.73. The van der Waals surface area contributed by atoms with Crippen molar-refractivity contribution < 1.29 is 8.42 Å². The summed E-state index contributed by atoms with van der Waals surface area (Å²) in [6.45, 7) is 7.42. The summed E-state index contributed by atoms with van der Waals surface area (Å²) in [4.78, 5) is 6.83. The third kappa shape index (κ3) is 4.93. The molecule has 2 atom stereocenters. The zero-order chi connectivity index (χ0) is 18.7. The lowest BCUT2D eigenvalue weighted by Crippen LogP contribution is -2.41. The van der Waals surface area contributed by atoms with Crippen LogP contribution in [0.15, 0.2) is 42.7 Å². The van der Waals surface area contributed by atoms with Gasteiger partial charge < -0.3 is 4.57 Å². The third-order valence-electron chi connectivity index (χ3n) is 5.02. The van der Waals surface area contributed by atoms with Crippen LogP contribution in [0.4, 0.5) is 0 Å². The summed E-state index contributed by atoms with van der Waals surface area (Å²) < 4.78 is 28.4. The molecular formula is C19H28N4O2S. The normalized spacial score (nSPS) is 21.5. The van der Waals surface area contributed by atoms with Crippen LogP contribution in [-0.2, 0) is 23.1 Å². The molecular weight excluding hydrogens is 348 g/mol. The zero-order valence-corrected chi connectivity index (χ0v) is 16.5. The predicted octanol–water partition coefficient (Wildman–Crippen LogP) is 1.94. The standard InChI is InChI=1S/C19H28N4O2S/c1-15(2)17-12-22(13-18(17)21-26(3,24)25)14-19-20-9-10-23(19)11-16-7-5-4-6-8-16/h4-10,15,17-18,21H,11-14H2,1-3H3/t17-,18+/m0/s1. The fraction of sp³-hybridized carbons (Fsp3) is 0.526. The maximum atomic E-state index is 11.7. The molecule has 0 saturated carbocycles. The largest absolute Gasteiger partial charge is 0.329 e. The van der Waals surface area contributed by atoms with Gasteiger partial charge in [0.25, 0.3) is 0 Å². The molecule has 0 amide bonds. The first kappa shape index (κ1) is 19.1. The molecule has 2 heterocycles. The number of hydrogen-bond donors (Lipinski definition) is 1. The summed E-state index contributed by atoms with van der Waals surface area (Å²) in [5.41, 5.74) is 1.24. The number of nitrogens with zero attached hydrogens (tertiary/aromatic N) is 3. The van der Waals surface area contributed by atoms with Crippen LogP contribution < -0.4 is 4.72 Å². The molecule has 0 spiro atoms. The van der Waals surface area contributed by atoms with E-state index in [4.69, 9.17) is 0 Å². The summed E-state index contributed by atoms with van der Waals surface area (Å²) in [5, 5.41) is 0. The second-order valence-corrected chi connectivity index (χ2v) is 9.34. The van der Waals surface area contributed by atoms with E-state index in [-0.39, 0.29) is 6.04 Å². The minimum absolute atomic E-state index is 0.0393. The van der Waals surface area contributed by atoms with Gasteiger partial charge >= 0.3 is 0 Å². The minimum Gasteiger partial charge on any atom is -0.329 e. The lowest BCUT2D eigenvalue weighted by atomic mass is 9.92. The summed E-state index contributed by atoms with van der Waals surface area (Å²) in [6.07, 6.45) is 5.07. The van der Waals surface area contributed by atoms with Crippen LogP contribution in [0, 0.1) is 11.8 Å². The Labute approximate surface area is 156 Å². The van der Waals surface area contributed by atoms with Gasteiger partial charge in [0.15, 0.2) is 0 Å². The number of rotatable bonds is 7. The molecule has 1 fully saturated rings. The van der Waals surface area contributed by atoms with Crippen LogP contribution in [0.3, 0.4) is 0 Å². The van der Waals surface area contributed by atoms with Crippen molar-refractivity contribution in [3.8, 4) is 0 Å². The van der Waals surface area contributed by atoms with E-state index in [1.165, 1.54) is 11.8 Å². The zero-order valence-electron chi connectivity index (χ0n) is 15.7. The Morgan fingerprint density at radius 3 is 2.58 bits per heavy atom. The van der Waals surface area contributed by atoms with Gasteiger partial charge in [0.1, 0.15) is 5.82 Å². The summed E-state index contributed by atoms with van der Waals surface area (Å²) >= 11 is 0. The maximum absolute atomic E-state index is 11.7. The van der Waals surface area contributed by atoms with E-state index in [9.17, 15) is 8.42 Å². The summed E-state index contributed by atoms with van der Waals surface area (Å²) in [7, 11) is -3.21. The lowest BCUT2D eigenvalue weighted by molar-refractivity contribution is 0.286. The number of sulfonamides is 1. The van der Waals surface area contributed by atoms with E-state index < -0.39 is 10.0 Å². The van der Waals surface area contributed by atoms with E-state index in [2.05, 4.69) is 45.2 Å². The van der Waals surface area contributed by atoms with Crippen molar-refractivity contribution >= 4 is 10.0 Å². The average Bonchev–Trinajstić information content (AvgIpc) is 3.14. The monoisotopic (exact) mass is 376 g/mol. The van der Waals surface area contributed by atoms with Gasteiger partial charge in [0.05, 0.1) is 12.8 Å². The molecule has 1 saturated heterocycles. The van der Waals surface area contributed by atoms with Crippen LogP contribution in [0.2, 0.25) is 0 Å². The molecule has 0 unspecified atom stereocenters. The maximum Gasteiger partial charge on any atom is 0.209 e. The Hall–Kier alpha value is -1.70. The quantitative estimate of drug-likeness (QED) is 0.802. The van der Waals surface area contributed by atoms with Gasteiger partial charge in [-0.3, -0.25) is 4.90 Å². The van der Waals surface area contributed by atoms with Gasteiger partial charge in [-0.15, -0.1) is 0 Å². The number of imidazole rings is 1. The van der Waals surface area contributed by atoms with Crippen molar-refractivity contribution in [2.75, 3.05) is 19.3 Å². The van der Waals surface area contributed by atoms with Gasteiger partial charge in [0, 0.05) is 38.1 Å². The molecule has 142 valence electrons. The molecule has 7 heteroatoms. The van der Waals surface area contributed by atoms with Gasteiger partial charge in [-0.1, -0.05) is 44.2 Å². The second kappa shape index (κ2) is 7.90. The van der Waals surface area contributed by atoms with Crippen LogP contribution in [0.25, 0.3) is 0 Å². The van der Waals surface area contributed by atoms with Crippen LogP contribution in [0.1, 0.15) is 25.2 Å². The minimum atomic E-state index is -3.21. The van der Waals surface area contributed by atoms with Crippen LogP contribution >= 0.6 is 0 Å². The highest BCUT2D eigenvalue weighted by molar-refractivity contribution is 7.88. The first-order valence-corrected chi connectivity index (χ1v) is 10.9. The second-order valence-electron chi connectivity index (χ2n) is 7.56. The van der Waals surface area contributed by atoms with Crippen molar-refractivity contribution in [2.24, 2.45) is 11.8 Å². The Kier molecular flexibility index (Phi) is 5.79. The van der Waals surface area contributed by atoms with Gasteiger partial charge in [-0.2, -0.15) is 0 Å². The van der Waals surface area contributed by atoms with Gasteiger partial charge in [-0.05, 0) is 17.4 Å². The van der Waals surface area contributed by atoms with Crippen molar-refractivity contribution in [2.45, 2.75) is 33.0 Å². The SMILES string of the molecule is CC(C)[C@@H]1CN(Cc2nccn2Cc2ccccc2)C[C@H]1NS(C)(=O)=O. The lowest BCUT2D eigenvalue weighted by Gasteiger charge is -2.21. The molecule has 1 N–H and O–H groups in total. The summed E-state index contributed by atoms with van der Waals surface area (Å²) in [5.74, 6) is 1.74.